The number of fused-ring (bicyclic) bond motifs is 7. The average molecular weight is 573 g/mol. The van der Waals surface area contributed by atoms with Crippen molar-refractivity contribution in [1.29, 1.82) is 0 Å². The van der Waals surface area contributed by atoms with E-state index in [1.165, 1.54) is 36.8 Å². The summed E-state index contributed by atoms with van der Waals surface area (Å²) in [5.74, 6) is 1.56. The van der Waals surface area contributed by atoms with Crippen molar-refractivity contribution in [3.63, 3.8) is 0 Å². The Balaban J connectivity index is 1.38. The van der Waals surface area contributed by atoms with Crippen molar-refractivity contribution in [2.45, 2.75) is 99.3 Å². The van der Waals surface area contributed by atoms with Crippen molar-refractivity contribution >= 4 is 17.5 Å². The van der Waals surface area contributed by atoms with Crippen molar-refractivity contribution in [3.8, 4) is 0 Å². The van der Waals surface area contributed by atoms with E-state index >= 15 is 0 Å². The normalized spacial score (nSPS) is 43.6. The number of carbonyl (C=O) groups excluding carboxylic acids is 1. The lowest BCUT2D eigenvalue weighted by Gasteiger charge is -2.72. The lowest BCUT2D eigenvalue weighted by molar-refractivity contribution is -0.228. The molecule has 4 fully saturated rings. The van der Waals surface area contributed by atoms with Crippen LogP contribution in [0.4, 0.5) is 0 Å². The maximum absolute atomic E-state index is 13.5. The summed E-state index contributed by atoms with van der Waals surface area (Å²) in [5, 5.41) is 9.66. The minimum Gasteiger partial charge on any atom is -0.478 e. The first-order valence-corrected chi connectivity index (χ1v) is 16.5. The molecule has 0 bridgehead atoms. The third-order valence-corrected chi connectivity index (χ3v) is 14.7. The van der Waals surface area contributed by atoms with Gasteiger partial charge in [-0.1, -0.05) is 65.0 Å². The van der Waals surface area contributed by atoms with Crippen molar-refractivity contribution in [3.05, 3.63) is 53.6 Å². The fourth-order valence-corrected chi connectivity index (χ4v) is 12.6. The molecule has 9 atom stereocenters. The van der Waals surface area contributed by atoms with Crippen LogP contribution < -0.4 is 0 Å². The average Bonchev–Trinajstić information content (AvgIpc) is 3.34. The second-order valence-corrected chi connectivity index (χ2v) is 16.3. The van der Waals surface area contributed by atoms with Crippen LogP contribution in [0, 0.1) is 56.7 Å². The molecule has 0 spiro atoms. The van der Waals surface area contributed by atoms with Crippen LogP contribution in [0.3, 0.4) is 0 Å². The van der Waals surface area contributed by atoms with Gasteiger partial charge in [0.2, 0.25) is 0 Å². The second kappa shape index (κ2) is 9.57. The topological polar surface area (TPSA) is 63.6 Å². The highest BCUT2D eigenvalue weighted by Crippen LogP contribution is 2.77. The smallest absolute Gasteiger partial charge is 0.335 e. The monoisotopic (exact) mass is 572 g/mol. The summed E-state index contributed by atoms with van der Waals surface area (Å²) >= 11 is 0. The summed E-state index contributed by atoms with van der Waals surface area (Å²) in [6.07, 6.45) is 12.4. The van der Waals surface area contributed by atoms with Crippen LogP contribution in [0.15, 0.2) is 42.5 Å². The summed E-state index contributed by atoms with van der Waals surface area (Å²) in [5.41, 5.74) is 4.14. The number of benzene rings is 1. The molecule has 4 nitrogen and oxygen atoms in total. The number of hydrogen-bond donors (Lipinski definition) is 1. The molecule has 42 heavy (non-hydrogen) atoms. The predicted octanol–water partition coefficient (Wildman–Crippen LogP) is 9.21. The Morgan fingerprint density at radius 2 is 1.67 bits per heavy atom. The molecule has 0 heterocycles. The first-order chi connectivity index (χ1) is 19.7. The van der Waals surface area contributed by atoms with Gasteiger partial charge in [-0.25, -0.2) is 4.79 Å². The van der Waals surface area contributed by atoms with Crippen LogP contribution >= 0.6 is 0 Å². The summed E-state index contributed by atoms with van der Waals surface area (Å²) in [7, 11) is 1.58. The largest absolute Gasteiger partial charge is 0.478 e. The number of hydrogen-bond acceptors (Lipinski definition) is 3. The van der Waals surface area contributed by atoms with Gasteiger partial charge in [0.05, 0.1) is 18.1 Å². The highest BCUT2D eigenvalue weighted by molar-refractivity contribution is 5.89. The van der Waals surface area contributed by atoms with Gasteiger partial charge in [-0.15, -0.1) is 0 Å². The first kappa shape index (κ1) is 29.7. The predicted molar refractivity (Wildman–Crippen MR) is 168 cm³/mol. The first-order valence-electron chi connectivity index (χ1n) is 16.5. The molecule has 9 unspecified atom stereocenters. The quantitative estimate of drug-likeness (QED) is 0.289. The molecule has 228 valence electrons. The van der Waals surface area contributed by atoms with E-state index in [-0.39, 0.29) is 33.0 Å². The van der Waals surface area contributed by atoms with Gasteiger partial charge in [-0.05, 0) is 139 Å². The molecule has 1 N–H and O–H groups in total. The highest BCUT2D eigenvalue weighted by Gasteiger charge is 2.71. The number of ether oxygens (including phenoxy) is 1. The Bertz CT molecular complexity index is 1350. The minimum atomic E-state index is -0.866. The van der Waals surface area contributed by atoms with Gasteiger partial charge in [-0.3, -0.25) is 4.79 Å². The molecule has 4 saturated carbocycles. The van der Waals surface area contributed by atoms with Crippen LogP contribution in [-0.2, 0) is 9.53 Å². The van der Waals surface area contributed by atoms with E-state index in [4.69, 9.17) is 4.74 Å². The number of esters is 1. The zero-order valence-electron chi connectivity index (χ0n) is 27.0. The van der Waals surface area contributed by atoms with Crippen molar-refractivity contribution in [2.24, 2.45) is 56.7 Å². The van der Waals surface area contributed by atoms with Gasteiger partial charge in [0.15, 0.2) is 0 Å². The van der Waals surface area contributed by atoms with Crippen LogP contribution in [0.25, 0.3) is 5.57 Å². The molecule has 0 aliphatic heterocycles. The molecular weight excluding hydrogens is 520 g/mol. The van der Waals surface area contributed by atoms with Gasteiger partial charge >= 0.3 is 11.9 Å². The van der Waals surface area contributed by atoms with Crippen LogP contribution in [0.1, 0.15) is 115 Å². The third-order valence-electron chi connectivity index (χ3n) is 14.7. The number of aromatic carboxylic acids is 1. The molecule has 5 aliphatic carbocycles. The van der Waals surface area contributed by atoms with Gasteiger partial charge in [0.1, 0.15) is 0 Å². The zero-order chi connectivity index (χ0) is 30.5. The van der Waals surface area contributed by atoms with E-state index in [9.17, 15) is 14.7 Å². The van der Waals surface area contributed by atoms with E-state index in [1.54, 1.807) is 13.2 Å². The number of carboxylic acid groups (broad SMARTS) is 1. The van der Waals surface area contributed by atoms with Gasteiger partial charge in [-0.2, -0.15) is 0 Å². The molecule has 4 heteroatoms. The molecule has 1 aromatic rings. The number of methoxy groups -OCH3 is 1. The van der Waals surface area contributed by atoms with Gasteiger partial charge in [0, 0.05) is 0 Å². The van der Waals surface area contributed by atoms with Crippen molar-refractivity contribution in [1.82, 2.24) is 0 Å². The van der Waals surface area contributed by atoms with Crippen LogP contribution in [0.2, 0.25) is 0 Å². The van der Waals surface area contributed by atoms with Gasteiger partial charge < -0.3 is 9.84 Å². The Labute approximate surface area is 253 Å². The summed E-state index contributed by atoms with van der Waals surface area (Å²) < 4.78 is 5.54. The summed E-state index contributed by atoms with van der Waals surface area (Å²) in [4.78, 5) is 25.3. The number of allylic oxidation sites excluding steroid dienone is 3. The Morgan fingerprint density at radius 3 is 2.33 bits per heavy atom. The van der Waals surface area contributed by atoms with Crippen LogP contribution in [-0.4, -0.2) is 24.2 Å². The number of rotatable bonds is 4. The summed E-state index contributed by atoms with van der Waals surface area (Å²) in [6.45, 7) is 19.3. The maximum atomic E-state index is 13.5. The number of carboxylic acids is 1. The van der Waals surface area contributed by atoms with Crippen LogP contribution in [0.5, 0.6) is 0 Å². The molecule has 0 aromatic heterocycles. The highest BCUT2D eigenvalue weighted by atomic mass is 16.5. The fraction of sp³-hybridized carbons (Fsp3) is 0.684. The van der Waals surface area contributed by atoms with E-state index in [1.807, 2.05) is 12.1 Å². The molecule has 0 radical (unpaired) electrons. The van der Waals surface area contributed by atoms with Crippen molar-refractivity contribution < 1.29 is 19.4 Å². The molecule has 0 amide bonds. The van der Waals surface area contributed by atoms with E-state index < -0.39 is 5.97 Å². The lowest BCUT2D eigenvalue weighted by atomic mass is 9.32. The van der Waals surface area contributed by atoms with E-state index in [2.05, 4.69) is 60.3 Å². The SMILES string of the molecule is C=C(C)C1CCC2(C(=O)OC)CCC3(C)C(CCC4C5(C)CC=C(c6cccc(C(=O)O)c6)C(C)(C)C5CCC43C)C12. The Hall–Kier alpha value is -2.36. The van der Waals surface area contributed by atoms with E-state index in [0.29, 0.717) is 35.2 Å². The maximum Gasteiger partial charge on any atom is 0.335 e. The molecular formula is C38H52O4. The van der Waals surface area contributed by atoms with Crippen molar-refractivity contribution in [2.75, 3.05) is 7.11 Å². The fourth-order valence-electron chi connectivity index (χ4n) is 12.6. The molecule has 5 aliphatic rings. The molecule has 1 aromatic carbocycles. The Kier molecular flexibility index (Phi) is 6.77. The molecule has 6 rings (SSSR count). The number of carbonyl (C=O) groups is 2. The van der Waals surface area contributed by atoms with Gasteiger partial charge in [0.25, 0.3) is 0 Å². The Morgan fingerprint density at radius 1 is 0.929 bits per heavy atom. The lowest BCUT2D eigenvalue weighted by Crippen LogP contribution is -2.66. The minimum absolute atomic E-state index is 0.0277. The standard InChI is InChI=1S/C38H52O4/c1-23(2)26-14-19-38(33(41)42-8)21-20-36(6)28(31(26)38)12-13-30-35(5)17-15-27(24-10-9-11-25(22-24)32(39)40)34(3,4)29(35)16-18-37(30,36)7/h9-11,15,22,26,28-31H,1,12-14,16-21H2,2-8H3,(H,39,40). The molecule has 0 saturated heterocycles. The van der Waals surface area contributed by atoms with E-state index in [0.717, 1.165) is 37.7 Å². The third kappa shape index (κ3) is 3.71. The zero-order valence-corrected chi connectivity index (χ0v) is 27.0. The summed E-state index contributed by atoms with van der Waals surface area (Å²) in [6, 6.07) is 7.55. The second-order valence-electron chi connectivity index (χ2n) is 16.3.